The third kappa shape index (κ3) is 3.68. The average Bonchev–Trinajstić information content (AvgIpc) is 2.37. The fraction of sp³-hybridized carbons (Fsp3) is 0.375. The number of hydrogen-bond acceptors (Lipinski definition) is 5. The third-order valence-corrected chi connectivity index (χ3v) is 3.62. The van der Waals surface area contributed by atoms with E-state index in [1.807, 2.05) is 18.2 Å². The summed E-state index contributed by atoms with van der Waals surface area (Å²) in [6, 6.07) is 5.75. The van der Waals surface area contributed by atoms with Crippen LogP contribution in [0, 0.1) is 0 Å². The molecule has 2 rings (SSSR count). The van der Waals surface area contributed by atoms with E-state index in [2.05, 4.69) is 35.1 Å². The molecule has 1 aliphatic rings. The number of esters is 2. The van der Waals surface area contributed by atoms with Gasteiger partial charge in [-0.3, -0.25) is 0 Å². The van der Waals surface area contributed by atoms with E-state index in [4.69, 9.17) is 9.47 Å². The van der Waals surface area contributed by atoms with Gasteiger partial charge in [0.1, 0.15) is 0 Å². The fourth-order valence-electron chi connectivity index (χ4n) is 2.07. The molecule has 0 radical (unpaired) electrons. The Morgan fingerprint density at radius 3 is 2.32 bits per heavy atom. The zero-order valence-corrected chi connectivity index (χ0v) is 14.5. The number of hydrogen-bond donors (Lipinski definition) is 1. The number of halogens is 1. The lowest BCUT2D eigenvalue weighted by Gasteiger charge is -2.29. The molecule has 0 amide bonds. The highest BCUT2D eigenvalue weighted by atomic mass is 79.9. The molecule has 1 aliphatic heterocycles. The zero-order chi connectivity index (χ0) is 16.5. The van der Waals surface area contributed by atoms with Crippen LogP contribution in [-0.2, 0) is 19.1 Å². The van der Waals surface area contributed by atoms with Crippen molar-refractivity contribution >= 4 is 33.6 Å². The summed E-state index contributed by atoms with van der Waals surface area (Å²) in [5, 5.41) is 3.00. The van der Waals surface area contributed by atoms with Crippen molar-refractivity contribution in [2.24, 2.45) is 0 Å². The molecule has 1 heterocycles. The van der Waals surface area contributed by atoms with Gasteiger partial charge in [0.2, 0.25) is 0 Å². The largest absolute Gasteiger partial charge is 0.419 e. The molecular formula is C16H18BrNO4. The molecule has 0 aliphatic carbocycles. The number of nitrogens with one attached hydrogen (secondary N) is 1. The van der Waals surface area contributed by atoms with Gasteiger partial charge in [-0.1, -0.05) is 29.8 Å². The molecule has 0 atom stereocenters. The molecule has 1 saturated heterocycles. The predicted molar refractivity (Wildman–Crippen MR) is 86.2 cm³/mol. The van der Waals surface area contributed by atoms with Crippen molar-refractivity contribution in [1.82, 2.24) is 0 Å². The van der Waals surface area contributed by atoms with Gasteiger partial charge in [0.15, 0.2) is 5.57 Å². The smallest absolute Gasteiger partial charge is 0.350 e. The Morgan fingerprint density at radius 2 is 1.77 bits per heavy atom. The second-order valence-electron chi connectivity index (χ2n) is 5.77. The van der Waals surface area contributed by atoms with Crippen LogP contribution in [0.25, 0.3) is 0 Å². The molecule has 5 nitrogen and oxygen atoms in total. The molecule has 1 aromatic carbocycles. The summed E-state index contributed by atoms with van der Waals surface area (Å²) in [6.45, 7) is 7.15. The minimum atomic E-state index is -1.23. The van der Waals surface area contributed by atoms with Crippen LogP contribution >= 0.6 is 15.9 Å². The van der Waals surface area contributed by atoms with Crippen molar-refractivity contribution in [2.45, 2.75) is 39.4 Å². The lowest BCUT2D eigenvalue weighted by Crippen LogP contribution is -2.42. The van der Waals surface area contributed by atoms with Crippen LogP contribution in [0.5, 0.6) is 0 Å². The fourth-order valence-corrected chi connectivity index (χ4v) is 2.45. The number of cyclic esters (lactones) is 2. The number of ether oxygens (including phenoxy) is 2. The van der Waals surface area contributed by atoms with Gasteiger partial charge < -0.3 is 14.8 Å². The Labute approximate surface area is 137 Å². The van der Waals surface area contributed by atoms with Crippen LogP contribution in [0.3, 0.4) is 0 Å². The molecule has 1 fully saturated rings. The van der Waals surface area contributed by atoms with Gasteiger partial charge in [-0.25, -0.2) is 9.59 Å². The average molecular weight is 368 g/mol. The Morgan fingerprint density at radius 1 is 1.18 bits per heavy atom. The number of benzene rings is 1. The topological polar surface area (TPSA) is 64.6 Å². The standard InChI is InChI=1S/C16H18BrNO4/c1-9(2)11-7-10(17)5-6-13(11)18-8-12-14(19)21-16(3,4)22-15(12)20/h5-9,18H,1-4H3. The van der Waals surface area contributed by atoms with E-state index in [0.717, 1.165) is 15.7 Å². The summed E-state index contributed by atoms with van der Waals surface area (Å²) in [5.74, 6) is -2.34. The summed E-state index contributed by atoms with van der Waals surface area (Å²) >= 11 is 3.43. The van der Waals surface area contributed by atoms with Gasteiger partial charge in [-0.15, -0.1) is 0 Å². The van der Waals surface area contributed by atoms with Crippen LogP contribution in [0.1, 0.15) is 39.2 Å². The Kier molecular flexibility index (Phi) is 4.60. The summed E-state index contributed by atoms with van der Waals surface area (Å²) in [4.78, 5) is 23.8. The van der Waals surface area contributed by atoms with Crippen LogP contribution < -0.4 is 5.32 Å². The van der Waals surface area contributed by atoms with Gasteiger partial charge in [-0.2, -0.15) is 0 Å². The van der Waals surface area contributed by atoms with Gasteiger partial charge in [0.25, 0.3) is 5.79 Å². The van der Waals surface area contributed by atoms with Crippen molar-refractivity contribution < 1.29 is 19.1 Å². The van der Waals surface area contributed by atoms with Crippen LogP contribution in [0.2, 0.25) is 0 Å². The summed E-state index contributed by atoms with van der Waals surface area (Å²) in [6.07, 6.45) is 1.33. The van der Waals surface area contributed by atoms with Crippen molar-refractivity contribution in [3.05, 3.63) is 40.0 Å². The van der Waals surface area contributed by atoms with E-state index in [0.29, 0.717) is 0 Å². The number of carbonyl (C=O) groups is 2. The molecule has 0 bridgehead atoms. The Bertz CT molecular complexity index is 628. The van der Waals surface area contributed by atoms with Gasteiger partial charge in [0, 0.05) is 30.2 Å². The summed E-state index contributed by atoms with van der Waals surface area (Å²) in [5.41, 5.74) is 1.72. The molecule has 22 heavy (non-hydrogen) atoms. The van der Waals surface area contributed by atoms with Crippen molar-refractivity contribution in [2.75, 3.05) is 5.32 Å². The van der Waals surface area contributed by atoms with Crippen LogP contribution in [0.15, 0.2) is 34.4 Å². The predicted octanol–water partition coefficient (Wildman–Crippen LogP) is 3.70. The van der Waals surface area contributed by atoms with Gasteiger partial charge in [-0.05, 0) is 29.7 Å². The molecular weight excluding hydrogens is 350 g/mol. The first-order valence-corrected chi connectivity index (χ1v) is 7.72. The quantitative estimate of drug-likeness (QED) is 0.501. The minimum Gasteiger partial charge on any atom is -0.419 e. The first-order chi connectivity index (χ1) is 10.2. The number of rotatable bonds is 3. The zero-order valence-electron chi connectivity index (χ0n) is 12.9. The Hall–Kier alpha value is -1.82. The molecule has 0 aromatic heterocycles. The molecule has 1 aromatic rings. The normalized spacial score (nSPS) is 17.1. The van der Waals surface area contributed by atoms with Gasteiger partial charge >= 0.3 is 11.9 Å². The van der Waals surface area contributed by atoms with E-state index >= 15 is 0 Å². The van der Waals surface area contributed by atoms with Crippen LogP contribution in [0.4, 0.5) is 5.69 Å². The SMILES string of the molecule is CC(C)c1cc(Br)ccc1NC=C1C(=O)OC(C)(C)OC1=O. The van der Waals surface area contributed by atoms with E-state index in [1.54, 1.807) is 0 Å². The highest BCUT2D eigenvalue weighted by Crippen LogP contribution is 2.28. The monoisotopic (exact) mass is 367 g/mol. The number of anilines is 1. The maximum absolute atomic E-state index is 11.9. The second-order valence-corrected chi connectivity index (χ2v) is 6.68. The molecule has 6 heteroatoms. The van der Waals surface area contributed by atoms with Crippen LogP contribution in [-0.4, -0.2) is 17.7 Å². The molecule has 1 N–H and O–H groups in total. The lowest BCUT2D eigenvalue weighted by molar-refractivity contribution is -0.222. The molecule has 0 unspecified atom stereocenters. The molecule has 118 valence electrons. The third-order valence-electron chi connectivity index (χ3n) is 3.12. The highest BCUT2D eigenvalue weighted by molar-refractivity contribution is 9.10. The van der Waals surface area contributed by atoms with Crippen molar-refractivity contribution in [1.29, 1.82) is 0 Å². The number of carbonyl (C=O) groups excluding carboxylic acids is 2. The minimum absolute atomic E-state index is 0.156. The van der Waals surface area contributed by atoms with Gasteiger partial charge in [0.05, 0.1) is 0 Å². The van der Waals surface area contributed by atoms with Crippen molar-refractivity contribution in [3.8, 4) is 0 Å². The Balaban J connectivity index is 2.25. The summed E-state index contributed by atoms with van der Waals surface area (Å²) in [7, 11) is 0. The maximum atomic E-state index is 11.9. The van der Waals surface area contributed by atoms with Crippen molar-refractivity contribution in [3.63, 3.8) is 0 Å². The highest BCUT2D eigenvalue weighted by Gasteiger charge is 2.38. The first-order valence-electron chi connectivity index (χ1n) is 6.92. The van der Waals surface area contributed by atoms with E-state index in [-0.39, 0.29) is 11.5 Å². The second kappa shape index (κ2) is 6.12. The first kappa shape index (κ1) is 16.5. The summed E-state index contributed by atoms with van der Waals surface area (Å²) < 4.78 is 11.1. The van der Waals surface area contributed by atoms with E-state index in [9.17, 15) is 9.59 Å². The van der Waals surface area contributed by atoms with E-state index in [1.165, 1.54) is 20.0 Å². The van der Waals surface area contributed by atoms with E-state index < -0.39 is 17.7 Å². The maximum Gasteiger partial charge on any atom is 0.350 e. The molecule has 0 saturated carbocycles. The molecule has 0 spiro atoms. The lowest BCUT2D eigenvalue weighted by atomic mass is 10.0.